The Labute approximate surface area is 99.4 Å². The van der Waals surface area contributed by atoms with E-state index in [4.69, 9.17) is 18.0 Å². The van der Waals surface area contributed by atoms with E-state index >= 15 is 0 Å². The Morgan fingerprint density at radius 1 is 1.38 bits per heavy atom. The van der Waals surface area contributed by atoms with Crippen LogP contribution in [0.3, 0.4) is 0 Å². The fraction of sp³-hybridized carbons (Fsp3) is 0.364. The lowest BCUT2D eigenvalue weighted by Crippen LogP contribution is -2.24. The van der Waals surface area contributed by atoms with Crippen LogP contribution in [-0.4, -0.2) is 18.2 Å². The molecule has 5 heteroatoms. The number of rotatable bonds is 2. The summed E-state index contributed by atoms with van der Waals surface area (Å²) in [6.07, 6.45) is 2.20. The highest BCUT2D eigenvalue weighted by atomic mass is 32.1. The van der Waals surface area contributed by atoms with Crippen LogP contribution in [0.25, 0.3) is 0 Å². The Kier molecular flexibility index (Phi) is 3.24. The van der Waals surface area contributed by atoms with E-state index < -0.39 is 0 Å². The number of thiocarbonyl (C=S) groups is 1. The summed E-state index contributed by atoms with van der Waals surface area (Å²) >= 11 is 4.78. The van der Waals surface area contributed by atoms with Gasteiger partial charge in [-0.05, 0) is 37.2 Å². The lowest BCUT2D eigenvalue weighted by molar-refractivity contribution is 0.624. The zero-order chi connectivity index (χ0) is 11.5. The molecule has 1 heterocycles. The van der Waals surface area contributed by atoms with E-state index in [1.807, 2.05) is 4.90 Å². The van der Waals surface area contributed by atoms with Crippen LogP contribution in [0, 0.1) is 5.82 Å². The predicted molar refractivity (Wildman–Crippen MR) is 68.3 cm³/mol. The van der Waals surface area contributed by atoms with Crippen LogP contribution in [0.4, 0.5) is 15.8 Å². The van der Waals surface area contributed by atoms with Gasteiger partial charge in [-0.1, -0.05) is 6.07 Å². The van der Waals surface area contributed by atoms with Crippen LogP contribution in [0.1, 0.15) is 12.8 Å². The maximum absolute atomic E-state index is 13.8. The van der Waals surface area contributed by atoms with Gasteiger partial charge in [0.2, 0.25) is 0 Å². The summed E-state index contributed by atoms with van der Waals surface area (Å²) in [5.41, 5.74) is 6.65. The van der Waals surface area contributed by atoms with Crippen LogP contribution in [-0.2, 0) is 0 Å². The van der Waals surface area contributed by atoms with Gasteiger partial charge in [0.05, 0.1) is 11.4 Å². The van der Waals surface area contributed by atoms with Gasteiger partial charge in [0.1, 0.15) is 5.82 Å². The summed E-state index contributed by atoms with van der Waals surface area (Å²) in [4.78, 5) is 2.02. The third-order valence-electron chi connectivity index (χ3n) is 2.67. The molecule has 3 N–H and O–H groups in total. The molecule has 0 amide bonds. The first-order valence-corrected chi connectivity index (χ1v) is 5.69. The average Bonchev–Trinajstić information content (AvgIpc) is 2.69. The minimum absolute atomic E-state index is 0.158. The molecule has 86 valence electrons. The summed E-state index contributed by atoms with van der Waals surface area (Å²) in [6, 6.07) is 4.89. The van der Waals surface area contributed by atoms with Crippen molar-refractivity contribution in [2.24, 2.45) is 5.73 Å². The standard InChI is InChI=1S/C11H14FN3S/c12-8-4-3-5-9(14-11(13)16)10(8)15-6-1-2-7-15/h3-5H,1-2,6-7H2,(H3,13,14,16). The molecule has 1 aromatic rings. The van der Waals surface area contributed by atoms with Crippen molar-refractivity contribution in [3.8, 4) is 0 Å². The number of nitrogens with one attached hydrogen (secondary N) is 1. The highest BCUT2D eigenvalue weighted by Crippen LogP contribution is 2.31. The van der Waals surface area contributed by atoms with E-state index in [2.05, 4.69) is 5.32 Å². The van der Waals surface area contributed by atoms with Crippen LogP contribution in [0.2, 0.25) is 0 Å². The molecule has 0 saturated carbocycles. The monoisotopic (exact) mass is 239 g/mol. The number of hydrogen-bond acceptors (Lipinski definition) is 2. The highest BCUT2D eigenvalue weighted by molar-refractivity contribution is 7.80. The number of halogens is 1. The lowest BCUT2D eigenvalue weighted by Gasteiger charge is -2.22. The Morgan fingerprint density at radius 2 is 2.06 bits per heavy atom. The highest BCUT2D eigenvalue weighted by Gasteiger charge is 2.19. The summed E-state index contributed by atoms with van der Waals surface area (Å²) in [5, 5.41) is 2.98. The number of hydrogen-bond donors (Lipinski definition) is 2. The SMILES string of the molecule is NC(=S)Nc1cccc(F)c1N1CCCC1. The van der Waals surface area contributed by atoms with Crippen LogP contribution in [0.5, 0.6) is 0 Å². The molecule has 1 aliphatic rings. The first kappa shape index (κ1) is 11.1. The molecule has 0 radical (unpaired) electrons. The van der Waals surface area contributed by atoms with E-state index in [9.17, 15) is 4.39 Å². The van der Waals surface area contributed by atoms with Crippen molar-refractivity contribution in [2.45, 2.75) is 12.8 Å². The summed E-state index contributed by atoms with van der Waals surface area (Å²) in [5.74, 6) is -0.233. The molecular formula is C11H14FN3S. The van der Waals surface area contributed by atoms with E-state index in [1.54, 1.807) is 12.1 Å². The number of nitrogens with zero attached hydrogens (tertiary/aromatic N) is 1. The van der Waals surface area contributed by atoms with Gasteiger partial charge in [-0.3, -0.25) is 0 Å². The number of benzene rings is 1. The third-order valence-corrected chi connectivity index (χ3v) is 2.77. The van der Waals surface area contributed by atoms with Crippen LogP contribution >= 0.6 is 12.2 Å². The van der Waals surface area contributed by atoms with Gasteiger partial charge in [-0.15, -0.1) is 0 Å². The maximum atomic E-state index is 13.8. The van der Waals surface area contributed by atoms with Crippen molar-refractivity contribution in [1.29, 1.82) is 0 Å². The Morgan fingerprint density at radius 3 is 2.69 bits per heavy atom. The van der Waals surface area contributed by atoms with Gasteiger partial charge in [0.15, 0.2) is 5.11 Å². The minimum Gasteiger partial charge on any atom is -0.376 e. The van der Waals surface area contributed by atoms with Gasteiger partial charge < -0.3 is 16.0 Å². The zero-order valence-electron chi connectivity index (χ0n) is 8.87. The molecule has 1 saturated heterocycles. The van der Waals surface area contributed by atoms with Crippen molar-refractivity contribution in [3.63, 3.8) is 0 Å². The molecule has 0 aromatic heterocycles. The molecule has 0 aliphatic carbocycles. The van der Waals surface area contributed by atoms with Crippen molar-refractivity contribution in [2.75, 3.05) is 23.3 Å². The number of anilines is 2. The van der Waals surface area contributed by atoms with Gasteiger partial charge >= 0.3 is 0 Å². The fourth-order valence-corrected chi connectivity index (χ4v) is 2.12. The Balaban J connectivity index is 2.35. The second-order valence-corrected chi connectivity index (χ2v) is 4.26. The molecule has 2 rings (SSSR count). The number of para-hydroxylation sites is 1. The third kappa shape index (κ3) is 2.24. The molecule has 3 nitrogen and oxygen atoms in total. The van der Waals surface area contributed by atoms with Crippen molar-refractivity contribution in [3.05, 3.63) is 24.0 Å². The molecule has 1 fully saturated rings. The molecule has 0 atom stereocenters. The van der Waals surface area contributed by atoms with Gasteiger partial charge in [-0.2, -0.15) is 0 Å². The fourth-order valence-electron chi connectivity index (χ4n) is 2.01. The van der Waals surface area contributed by atoms with E-state index in [0.717, 1.165) is 25.9 Å². The molecule has 0 bridgehead atoms. The predicted octanol–water partition coefficient (Wildman–Crippen LogP) is 2.08. The van der Waals surface area contributed by atoms with E-state index in [0.29, 0.717) is 11.4 Å². The number of nitrogens with two attached hydrogens (primary N) is 1. The van der Waals surface area contributed by atoms with E-state index in [-0.39, 0.29) is 10.9 Å². The molecule has 1 aliphatic heterocycles. The zero-order valence-corrected chi connectivity index (χ0v) is 9.69. The Hall–Kier alpha value is -1.36. The van der Waals surface area contributed by atoms with Crippen molar-refractivity contribution >= 4 is 28.7 Å². The molecule has 0 unspecified atom stereocenters. The van der Waals surface area contributed by atoms with Crippen LogP contribution in [0.15, 0.2) is 18.2 Å². The molecule has 1 aromatic carbocycles. The van der Waals surface area contributed by atoms with Crippen LogP contribution < -0.4 is 16.0 Å². The van der Waals surface area contributed by atoms with Crippen molar-refractivity contribution < 1.29 is 4.39 Å². The smallest absolute Gasteiger partial charge is 0.168 e. The quantitative estimate of drug-likeness (QED) is 0.775. The lowest BCUT2D eigenvalue weighted by atomic mass is 10.2. The van der Waals surface area contributed by atoms with Gasteiger partial charge in [-0.25, -0.2) is 4.39 Å². The van der Waals surface area contributed by atoms with Gasteiger partial charge in [0.25, 0.3) is 0 Å². The molecule has 16 heavy (non-hydrogen) atoms. The van der Waals surface area contributed by atoms with Gasteiger partial charge in [0, 0.05) is 13.1 Å². The first-order chi connectivity index (χ1) is 7.68. The normalized spacial score (nSPS) is 15.2. The summed E-state index contributed by atoms with van der Waals surface area (Å²) < 4.78 is 13.8. The average molecular weight is 239 g/mol. The molecular weight excluding hydrogens is 225 g/mol. The second kappa shape index (κ2) is 4.65. The Bertz CT molecular complexity index is 402. The largest absolute Gasteiger partial charge is 0.376 e. The first-order valence-electron chi connectivity index (χ1n) is 5.28. The topological polar surface area (TPSA) is 41.3 Å². The van der Waals surface area contributed by atoms with E-state index in [1.165, 1.54) is 6.07 Å². The van der Waals surface area contributed by atoms with Crippen molar-refractivity contribution in [1.82, 2.24) is 0 Å². The minimum atomic E-state index is -0.233. The molecule has 0 spiro atoms. The second-order valence-electron chi connectivity index (χ2n) is 3.82. The maximum Gasteiger partial charge on any atom is 0.168 e. The summed E-state index contributed by atoms with van der Waals surface area (Å²) in [7, 11) is 0. The summed E-state index contributed by atoms with van der Waals surface area (Å²) in [6.45, 7) is 1.76.